The Morgan fingerprint density at radius 3 is 2.61 bits per heavy atom. The number of amides is 2. The number of nitrogens with one attached hydrogen (secondary N) is 1. The van der Waals surface area contributed by atoms with Gasteiger partial charge in [-0.05, 0) is 62.5 Å². The summed E-state index contributed by atoms with van der Waals surface area (Å²) >= 11 is 0. The molecular formula is C27H32FN5O3. The monoisotopic (exact) mass is 493 g/mol. The molecular weight excluding hydrogens is 461 g/mol. The van der Waals surface area contributed by atoms with Crippen molar-refractivity contribution >= 4 is 22.7 Å². The first kappa shape index (κ1) is 24.4. The molecule has 2 N–H and O–H groups in total. The number of rotatable bonds is 6. The molecule has 0 atom stereocenters. The molecule has 36 heavy (non-hydrogen) atoms. The van der Waals surface area contributed by atoms with Crippen molar-refractivity contribution < 1.29 is 19.2 Å². The predicted molar refractivity (Wildman–Crippen MR) is 135 cm³/mol. The first-order valence-corrected chi connectivity index (χ1v) is 12.5. The van der Waals surface area contributed by atoms with Crippen molar-refractivity contribution in [2.75, 3.05) is 52.9 Å². The minimum absolute atomic E-state index is 0.0347. The molecule has 8 nitrogen and oxygen atoms in total. The number of aromatic nitrogens is 1. The maximum atomic E-state index is 14.3. The number of nitrogens with zero attached hydrogens (tertiary/aromatic N) is 4. The zero-order chi connectivity index (χ0) is 25.2. The summed E-state index contributed by atoms with van der Waals surface area (Å²) in [5.41, 5.74) is 5.27. The first-order valence-electron chi connectivity index (χ1n) is 12.5. The molecule has 2 aliphatic rings. The molecule has 0 saturated carbocycles. The third kappa shape index (κ3) is 4.86. The van der Waals surface area contributed by atoms with Gasteiger partial charge in [-0.1, -0.05) is 12.1 Å². The first-order chi connectivity index (χ1) is 17.4. The van der Waals surface area contributed by atoms with Crippen molar-refractivity contribution in [2.45, 2.75) is 19.4 Å². The van der Waals surface area contributed by atoms with Crippen LogP contribution in [0, 0.1) is 5.82 Å². The van der Waals surface area contributed by atoms with Crippen LogP contribution in [0.25, 0.3) is 10.9 Å². The molecule has 0 spiro atoms. The Morgan fingerprint density at radius 1 is 1.03 bits per heavy atom. The summed E-state index contributed by atoms with van der Waals surface area (Å²) in [6.45, 7) is 6.82. The number of hydrogen-bond acceptors (Lipinski definition) is 5. The Labute approximate surface area is 209 Å². The van der Waals surface area contributed by atoms with E-state index in [1.807, 2.05) is 17.0 Å². The standard InChI is InChI=1S/C27H32FN5O3/c1-30-10-2-11-31(14-13-30)15-16-32-12-9-24-25(27(32)35)22-17-21(28)7-8-23(22)33(24)18-19-3-5-20(6-4-19)26(34)29-36/h3-8,17,36H,2,9-16,18H2,1H3,(H,29,34). The van der Waals surface area contributed by atoms with Gasteiger partial charge in [0.05, 0.1) is 5.56 Å². The average Bonchev–Trinajstić information content (AvgIpc) is 3.02. The molecule has 2 amide bonds. The Hall–Kier alpha value is -3.27. The fourth-order valence-electron chi connectivity index (χ4n) is 5.37. The highest BCUT2D eigenvalue weighted by Crippen LogP contribution is 2.32. The molecule has 0 aliphatic carbocycles. The number of fused-ring (bicyclic) bond motifs is 3. The van der Waals surface area contributed by atoms with Gasteiger partial charge in [-0.3, -0.25) is 14.8 Å². The molecule has 3 heterocycles. The lowest BCUT2D eigenvalue weighted by Crippen LogP contribution is -2.43. The van der Waals surface area contributed by atoms with Gasteiger partial charge in [0, 0.05) is 67.8 Å². The molecule has 9 heteroatoms. The lowest BCUT2D eigenvalue weighted by Gasteiger charge is -2.30. The summed E-state index contributed by atoms with van der Waals surface area (Å²) in [7, 11) is 2.15. The van der Waals surface area contributed by atoms with Gasteiger partial charge in [0.2, 0.25) is 0 Å². The maximum absolute atomic E-state index is 14.3. The van der Waals surface area contributed by atoms with E-state index in [1.54, 1.807) is 23.7 Å². The molecule has 2 aliphatic heterocycles. The summed E-state index contributed by atoms with van der Waals surface area (Å²) < 4.78 is 16.4. The molecule has 1 aromatic heterocycles. The minimum Gasteiger partial charge on any atom is -0.339 e. The lowest BCUT2D eigenvalue weighted by atomic mass is 10.0. The van der Waals surface area contributed by atoms with Crippen molar-refractivity contribution in [1.82, 2.24) is 24.7 Å². The van der Waals surface area contributed by atoms with Gasteiger partial charge in [0.25, 0.3) is 11.8 Å². The van der Waals surface area contributed by atoms with Crippen molar-refractivity contribution in [3.8, 4) is 0 Å². The zero-order valence-corrected chi connectivity index (χ0v) is 20.5. The number of carbonyl (C=O) groups is 2. The number of hydroxylamine groups is 1. The summed E-state index contributed by atoms with van der Waals surface area (Å²) in [6, 6.07) is 11.6. The highest BCUT2D eigenvalue weighted by atomic mass is 19.1. The normalized spacial score (nSPS) is 17.3. The average molecular weight is 494 g/mol. The van der Waals surface area contributed by atoms with Gasteiger partial charge >= 0.3 is 0 Å². The summed E-state index contributed by atoms with van der Waals surface area (Å²) in [4.78, 5) is 32.0. The van der Waals surface area contributed by atoms with Crippen LogP contribution in [0.2, 0.25) is 0 Å². The Morgan fingerprint density at radius 2 is 1.83 bits per heavy atom. The number of benzene rings is 2. The highest BCUT2D eigenvalue weighted by Gasteiger charge is 2.31. The van der Waals surface area contributed by atoms with Gasteiger partial charge < -0.3 is 19.3 Å². The van der Waals surface area contributed by atoms with Crippen LogP contribution in [-0.2, 0) is 13.0 Å². The van der Waals surface area contributed by atoms with E-state index < -0.39 is 5.91 Å². The second-order valence-electron chi connectivity index (χ2n) is 9.75. The number of likely N-dealkylation sites (N-methyl/N-ethyl adjacent to an activating group) is 1. The fourth-order valence-corrected chi connectivity index (χ4v) is 5.37. The Balaban J connectivity index is 1.40. The van der Waals surface area contributed by atoms with Crippen LogP contribution in [0.15, 0.2) is 42.5 Å². The van der Waals surface area contributed by atoms with Crippen molar-refractivity contribution in [3.05, 3.63) is 70.7 Å². The number of halogens is 1. The lowest BCUT2D eigenvalue weighted by molar-refractivity contribution is 0.0704. The summed E-state index contributed by atoms with van der Waals surface area (Å²) in [5.74, 6) is -0.966. The van der Waals surface area contributed by atoms with Crippen LogP contribution in [0.1, 0.15) is 38.4 Å². The van der Waals surface area contributed by atoms with Crippen LogP contribution >= 0.6 is 0 Å². The molecule has 0 unspecified atom stereocenters. The van der Waals surface area contributed by atoms with E-state index in [0.717, 1.165) is 55.9 Å². The smallest absolute Gasteiger partial charge is 0.274 e. The summed E-state index contributed by atoms with van der Waals surface area (Å²) in [5, 5.41) is 9.49. The topological polar surface area (TPSA) is 81.1 Å². The van der Waals surface area contributed by atoms with Crippen LogP contribution in [0.3, 0.4) is 0 Å². The minimum atomic E-state index is -0.571. The van der Waals surface area contributed by atoms with Crippen LogP contribution in [-0.4, -0.2) is 89.1 Å². The second kappa shape index (κ2) is 10.4. The van der Waals surface area contributed by atoms with Gasteiger partial charge in [0.15, 0.2) is 0 Å². The van der Waals surface area contributed by atoms with Crippen molar-refractivity contribution in [1.29, 1.82) is 0 Å². The fraction of sp³-hybridized carbons (Fsp3) is 0.407. The van der Waals surface area contributed by atoms with Gasteiger partial charge in [-0.2, -0.15) is 0 Å². The molecule has 1 fully saturated rings. The second-order valence-corrected chi connectivity index (χ2v) is 9.75. The molecule has 1 saturated heterocycles. The van der Waals surface area contributed by atoms with Gasteiger partial charge in [-0.25, -0.2) is 9.87 Å². The van der Waals surface area contributed by atoms with Gasteiger partial charge in [-0.15, -0.1) is 0 Å². The van der Waals surface area contributed by atoms with E-state index in [0.29, 0.717) is 42.6 Å². The Kier molecular flexibility index (Phi) is 7.04. The zero-order valence-electron chi connectivity index (χ0n) is 20.5. The number of carbonyl (C=O) groups excluding carboxylic acids is 2. The molecule has 0 radical (unpaired) electrons. The van der Waals surface area contributed by atoms with Crippen LogP contribution in [0.4, 0.5) is 4.39 Å². The molecule has 5 rings (SSSR count). The molecule has 3 aromatic rings. The largest absolute Gasteiger partial charge is 0.339 e. The predicted octanol–water partition coefficient (Wildman–Crippen LogP) is 2.58. The Bertz CT molecular complexity index is 1270. The highest BCUT2D eigenvalue weighted by molar-refractivity contribution is 6.09. The van der Waals surface area contributed by atoms with Crippen molar-refractivity contribution in [3.63, 3.8) is 0 Å². The van der Waals surface area contributed by atoms with E-state index in [1.165, 1.54) is 12.1 Å². The van der Waals surface area contributed by atoms with Crippen LogP contribution < -0.4 is 5.48 Å². The van der Waals surface area contributed by atoms with Crippen LogP contribution in [0.5, 0.6) is 0 Å². The third-order valence-corrected chi connectivity index (χ3v) is 7.41. The van der Waals surface area contributed by atoms with E-state index in [2.05, 4.69) is 21.4 Å². The van der Waals surface area contributed by atoms with E-state index in [4.69, 9.17) is 5.21 Å². The quantitative estimate of drug-likeness (QED) is 0.408. The van der Waals surface area contributed by atoms with E-state index >= 15 is 0 Å². The molecule has 0 bridgehead atoms. The van der Waals surface area contributed by atoms with E-state index in [9.17, 15) is 14.0 Å². The molecule has 190 valence electrons. The summed E-state index contributed by atoms with van der Waals surface area (Å²) in [6.07, 6.45) is 1.83. The molecule has 2 aromatic carbocycles. The number of hydrogen-bond donors (Lipinski definition) is 2. The third-order valence-electron chi connectivity index (χ3n) is 7.41. The maximum Gasteiger partial charge on any atom is 0.274 e. The van der Waals surface area contributed by atoms with Gasteiger partial charge in [0.1, 0.15) is 5.82 Å². The SMILES string of the molecule is CN1CCCN(CCN2CCc3c(c4cc(F)ccc4n3Cc3ccc(C(=O)NO)cc3)C2=O)CC1. The van der Waals surface area contributed by atoms with Crippen molar-refractivity contribution in [2.24, 2.45) is 0 Å². The van der Waals surface area contributed by atoms with E-state index in [-0.39, 0.29) is 11.7 Å².